The fraction of sp³-hybridized carbons (Fsp3) is 1.00. The minimum Gasteiger partial charge on any atom is -0.309 e. The first-order chi connectivity index (χ1) is 6.94. The van der Waals surface area contributed by atoms with Gasteiger partial charge in [-0.15, -0.1) is 11.6 Å². The Morgan fingerprint density at radius 2 is 1.80 bits per heavy atom. The van der Waals surface area contributed by atoms with Gasteiger partial charge in [0.1, 0.15) is 0 Å². The summed E-state index contributed by atoms with van der Waals surface area (Å²) >= 11 is 5.46. The van der Waals surface area contributed by atoms with E-state index in [1.165, 1.54) is 4.31 Å². The minimum absolute atomic E-state index is 0.0321. The Balaban J connectivity index is 4.13. The summed E-state index contributed by atoms with van der Waals surface area (Å²) in [6.07, 6.45) is 0.850. The quantitative estimate of drug-likeness (QED) is 0.604. The van der Waals surface area contributed by atoms with Crippen LogP contribution in [0, 0.1) is 0 Å². The van der Waals surface area contributed by atoms with Gasteiger partial charge in [0, 0.05) is 19.0 Å². The van der Waals surface area contributed by atoms with Gasteiger partial charge in [0.15, 0.2) is 0 Å². The zero-order valence-electron chi connectivity index (χ0n) is 9.74. The van der Waals surface area contributed by atoms with E-state index in [0.29, 0.717) is 13.1 Å². The molecular formula is C9H21ClN2O2S. The predicted octanol–water partition coefficient (Wildman–Crippen LogP) is 0.829. The average Bonchev–Trinajstić information content (AvgIpc) is 2.11. The highest BCUT2D eigenvalue weighted by Gasteiger charge is 2.18. The summed E-state index contributed by atoms with van der Waals surface area (Å²) < 4.78 is 24.8. The molecule has 0 aliphatic heterocycles. The second-order valence-electron chi connectivity index (χ2n) is 3.65. The maximum atomic E-state index is 11.7. The van der Waals surface area contributed by atoms with E-state index in [0.717, 1.165) is 13.0 Å². The monoisotopic (exact) mass is 256 g/mol. The van der Waals surface area contributed by atoms with Crippen LogP contribution in [0.3, 0.4) is 0 Å². The summed E-state index contributed by atoms with van der Waals surface area (Å²) in [5, 5.41) is 0. The van der Waals surface area contributed by atoms with Crippen molar-refractivity contribution in [3.05, 3.63) is 0 Å². The van der Waals surface area contributed by atoms with Crippen molar-refractivity contribution in [3.63, 3.8) is 0 Å². The van der Waals surface area contributed by atoms with E-state index in [1.807, 2.05) is 25.9 Å². The fourth-order valence-corrected chi connectivity index (χ4v) is 3.12. The van der Waals surface area contributed by atoms with E-state index in [9.17, 15) is 8.42 Å². The number of nitrogens with zero attached hydrogens (tertiary/aromatic N) is 2. The lowest BCUT2D eigenvalue weighted by Crippen LogP contribution is -2.35. The van der Waals surface area contributed by atoms with Crippen LogP contribution >= 0.6 is 11.6 Å². The molecule has 0 radical (unpaired) electrons. The Hall–Kier alpha value is 0.160. The van der Waals surface area contributed by atoms with Gasteiger partial charge in [-0.05, 0) is 27.1 Å². The molecule has 0 aromatic rings. The van der Waals surface area contributed by atoms with Crippen molar-refractivity contribution in [3.8, 4) is 0 Å². The SMILES string of the molecule is CCN(CCCN(C)C)S(=O)(=O)CCCl. The van der Waals surface area contributed by atoms with Gasteiger partial charge in [0.25, 0.3) is 0 Å². The molecule has 0 spiro atoms. The molecule has 0 aromatic carbocycles. The molecule has 0 aromatic heterocycles. The molecule has 0 saturated carbocycles. The molecule has 92 valence electrons. The molecule has 6 heteroatoms. The van der Waals surface area contributed by atoms with E-state index < -0.39 is 10.0 Å². The topological polar surface area (TPSA) is 40.6 Å². The van der Waals surface area contributed by atoms with Gasteiger partial charge in [0.2, 0.25) is 10.0 Å². The Bertz CT molecular complexity index is 255. The van der Waals surface area contributed by atoms with Crippen LogP contribution in [0.2, 0.25) is 0 Å². The lowest BCUT2D eigenvalue weighted by Gasteiger charge is -2.20. The molecule has 15 heavy (non-hydrogen) atoms. The molecule has 0 atom stereocenters. The van der Waals surface area contributed by atoms with Gasteiger partial charge >= 0.3 is 0 Å². The standard InChI is InChI=1S/C9H21ClN2O2S/c1-4-12(8-5-7-11(2)3)15(13,14)9-6-10/h4-9H2,1-3H3. The van der Waals surface area contributed by atoms with Crippen LogP contribution in [-0.2, 0) is 10.0 Å². The predicted molar refractivity (Wildman–Crippen MR) is 64.9 cm³/mol. The van der Waals surface area contributed by atoms with E-state index in [-0.39, 0.29) is 11.6 Å². The van der Waals surface area contributed by atoms with Gasteiger partial charge in [-0.3, -0.25) is 0 Å². The third kappa shape index (κ3) is 6.35. The van der Waals surface area contributed by atoms with E-state index in [1.54, 1.807) is 0 Å². The largest absolute Gasteiger partial charge is 0.309 e. The summed E-state index contributed by atoms with van der Waals surface area (Å²) in [6.45, 7) is 3.84. The van der Waals surface area contributed by atoms with Crippen molar-refractivity contribution in [1.29, 1.82) is 0 Å². The van der Waals surface area contributed by atoms with Crippen LogP contribution in [0.4, 0.5) is 0 Å². The number of sulfonamides is 1. The molecule has 0 aliphatic rings. The maximum absolute atomic E-state index is 11.7. The fourth-order valence-electron chi connectivity index (χ4n) is 1.28. The molecule has 0 N–H and O–H groups in total. The first-order valence-corrected chi connectivity index (χ1v) is 7.27. The molecule has 0 saturated heterocycles. The maximum Gasteiger partial charge on any atom is 0.215 e. The summed E-state index contributed by atoms with van der Waals surface area (Å²) in [5.41, 5.74) is 0. The molecule has 0 fully saturated rings. The Morgan fingerprint density at radius 3 is 2.20 bits per heavy atom. The molecule has 0 heterocycles. The third-order valence-electron chi connectivity index (χ3n) is 2.09. The summed E-state index contributed by atoms with van der Waals surface area (Å²) in [7, 11) is 0.814. The number of rotatable bonds is 8. The highest BCUT2D eigenvalue weighted by Crippen LogP contribution is 2.03. The lowest BCUT2D eigenvalue weighted by atomic mass is 10.4. The zero-order chi connectivity index (χ0) is 11.9. The van der Waals surface area contributed by atoms with Gasteiger partial charge in [-0.25, -0.2) is 12.7 Å². The highest BCUT2D eigenvalue weighted by atomic mass is 35.5. The van der Waals surface area contributed by atoms with Crippen LogP contribution < -0.4 is 0 Å². The third-order valence-corrected chi connectivity index (χ3v) is 4.45. The van der Waals surface area contributed by atoms with Crippen molar-refractivity contribution in [2.45, 2.75) is 13.3 Å². The van der Waals surface area contributed by atoms with Gasteiger partial charge in [-0.2, -0.15) is 0 Å². The molecule has 4 nitrogen and oxygen atoms in total. The smallest absolute Gasteiger partial charge is 0.215 e. The number of alkyl halides is 1. The normalized spacial score (nSPS) is 12.7. The summed E-state index contributed by atoms with van der Waals surface area (Å²) in [5.74, 6) is 0.191. The minimum atomic E-state index is -3.14. The Morgan fingerprint density at radius 1 is 1.20 bits per heavy atom. The Labute approximate surface area is 98.2 Å². The van der Waals surface area contributed by atoms with Crippen molar-refractivity contribution in [2.75, 3.05) is 45.4 Å². The number of hydrogen-bond acceptors (Lipinski definition) is 3. The second kappa shape index (κ2) is 7.44. The van der Waals surface area contributed by atoms with Crippen LogP contribution in [0.15, 0.2) is 0 Å². The van der Waals surface area contributed by atoms with Gasteiger partial charge < -0.3 is 4.90 Å². The molecule has 0 unspecified atom stereocenters. The average molecular weight is 257 g/mol. The molecule has 0 bridgehead atoms. The number of hydrogen-bond donors (Lipinski definition) is 0. The zero-order valence-corrected chi connectivity index (χ0v) is 11.3. The van der Waals surface area contributed by atoms with Crippen LogP contribution in [0.5, 0.6) is 0 Å². The van der Waals surface area contributed by atoms with Crippen molar-refractivity contribution >= 4 is 21.6 Å². The van der Waals surface area contributed by atoms with Crippen LogP contribution in [0.25, 0.3) is 0 Å². The van der Waals surface area contributed by atoms with Gasteiger partial charge in [-0.1, -0.05) is 6.92 Å². The Kier molecular flexibility index (Phi) is 7.52. The number of halogens is 1. The molecule has 0 aliphatic carbocycles. The second-order valence-corrected chi connectivity index (χ2v) is 6.12. The summed E-state index contributed by atoms with van der Waals surface area (Å²) in [6, 6.07) is 0. The van der Waals surface area contributed by atoms with E-state index in [2.05, 4.69) is 0 Å². The van der Waals surface area contributed by atoms with Crippen molar-refractivity contribution in [2.24, 2.45) is 0 Å². The van der Waals surface area contributed by atoms with Crippen LogP contribution in [-0.4, -0.2) is 63.0 Å². The van der Waals surface area contributed by atoms with Crippen LogP contribution in [0.1, 0.15) is 13.3 Å². The highest BCUT2D eigenvalue weighted by molar-refractivity contribution is 7.89. The van der Waals surface area contributed by atoms with Gasteiger partial charge in [0.05, 0.1) is 5.75 Å². The molecule has 0 rings (SSSR count). The molecule has 0 amide bonds. The van der Waals surface area contributed by atoms with E-state index >= 15 is 0 Å². The summed E-state index contributed by atoms with van der Waals surface area (Å²) in [4.78, 5) is 2.04. The van der Waals surface area contributed by atoms with Crippen molar-refractivity contribution in [1.82, 2.24) is 9.21 Å². The first-order valence-electron chi connectivity index (χ1n) is 5.12. The van der Waals surface area contributed by atoms with Crippen molar-refractivity contribution < 1.29 is 8.42 Å². The molecular weight excluding hydrogens is 236 g/mol. The first kappa shape index (κ1) is 15.2. The van der Waals surface area contributed by atoms with E-state index in [4.69, 9.17) is 11.6 Å². The lowest BCUT2D eigenvalue weighted by molar-refractivity contribution is 0.356.